The minimum Gasteiger partial charge on any atom is -0.348 e. The second-order valence-corrected chi connectivity index (χ2v) is 8.53. The maximum absolute atomic E-state index is 13.4. The van der Waals surface area contributed by atoms with Crippen LogP contribution in [0.4, 0.5) is 20.7 Å². The third kappa shape index (κ3) is 4.49. The fourth-order valence-electron chi connectivity index (χ4n) is 4.41. The summed E-state index contributed by atoms with van der Waals surface area (Å²) in [4.78, 5) is 16.8. The number of nitrogens with zero attached hydrogens (tertiary/aromatic N) is 5. The lowest BCUT2D eigenvalue weighted by Crippen LogP contribution is -2.55. The Morgan fingerprint density at radius 3 is 2.40 bits per heavy atom. The molecule has 3 aromatic carbocycles. The Kier molecular flexibility index (Phi) is 5.98. The fraction of sp³-hybridized carbons (Fsp3) is 0.185. The maximum Gasteiger partial charge on any atom is 0.321 e. The van der Waals surface area contributed by atoms with E-state index in [1.54, 1.807) is 41.3 Å². The lowest BCUT2D eigenvalue weighted by molar-refractivity contribution is 0.200. The lowest BCUT2D eigenvalue weighted by Gasteiger charge is -2.40. The van der Waals surface area contributed by atoms with Crippen molar-refractivity contribution in [1.29, 1.82) is 5.26 Å². The van der Waals surface area contributed by atoms with Crippen LogP contribution in [-0.4, -0.2) is 46.8 Å². The highest BCUT2D eigenvalue weighted by atomic mass is 19.1. The number of amides is 2. The molecule has 1 fully saturated rings. The Morgan fingerprint density at radius 1 is 1.00 bits per heavy atom. The molecule has 4 aromatic rings. The van der Waals surface area contributed by atoms with Gasteiger partial charge >= 0.3 is 6.03 Å². The summed E-state index contributed by atoms with van der Waals surface area (Å²) in [7, 11) is 0. The van der Waals surface area contributed by atoms with Crippen molar-refractivity contribution in [1.82, 2.24) is 15.1 Å². The largest absolute Gasteiger partial charge is 0.348 e. The number of fused-ring (bicyclic) bond motifs is 1. The topological polar surface area (TPSA) is 85.2 Å². The molecule has 0 bridgehead atoms. The van der Waals surface area contributed by atoms with Crippen LogP contribution in [0.3, 0.4) is 0 Å². The first-order valence-corrected chi connectivity index (χ1v) is 11.4. The van der Waals surface area contributed by atoms with Gasteiger partial charge in [0.15, 0.2) is 5.82 Å². The van der Waals surface area contributed by atoms with Crippen LogP contribution in [-0.2, 0) is 0 Å². The molecule has 1 N–H and O–H groups in total. The molecule has 0 saturated carbocycles. The van der Waals surface area contributed by atoms with Crippen molar-refractivity contribution in [2.24, 2.45) is 0 Å². The summed E-state index contributed by atoms with van der Waals surface area (Å²) >= 11 is 0. The molecule has 8 heteroatoms. The molecule has 0 spiro atoms. The van der Waals surface area contributed by atoms with Crippen molar-refractivity contribution in [2.45, 2.75) is 13.0 Å². The highest BCUT2D eigenvalue weighted by Gasteiger charge is 2.29. The SMILES string of the molecule is CC1CN(C(=O)Nc2ccc(C#N)cc2)CCN1c1nnc(-c2ccc(F)cc2)c2ccccc12. The normalized spacial score (nSPS) is 15.6. The first kappa shape index (κ1) is 22.3. The molecule has 0 aliphatic carbocycles. The number of rotatable bonds is 3. The molecule has 7 nitrogen and oxygen atoms in total. The van der Waals surface area contributed by atoms with E-state index in [-0.39, 0.29) is 17.9 Å². The molecule has 1 aliphatic heterocycles. The molecule has 1 aliphatic rings. The minimum absolute atomic E-state index is 0.0184. The first-order chi connectivity index (χ1) is 17.0. The molecule has 1 aromatic heterocycles. The van der Waals surface area contributed by atoms with Crippen molar-refractivity contribution in [2.75, 3.05) is 29.9 Å². The second-order valence-electron chi connectivity index (χ2n) is 8.53. The van der Waals surface area contributed by atoms with E-state index in [1.807, 2.05) is 24.3 Å². The molecule has 1 atom stereocenters. The third-order valence-electron chi connectivity index (χ3n) is 6.24. The Hall–Kier alpha value is -4.51. The van der Waals surface area contributed by atoms with Crippen molar-refractivity contribution >= 4 is 28.3 Å². The average Bonchev–Trinajstić information content (AvgIpc) is 2.89. The van der Waals surface area contributed by atoms with E-state index in [1.165, 1.54) is 12.1 Å². The summed E-state index contributed by atoms with van der Waals surface area (Å²) in [5, 5.41) is 22.8. The maximum atomic E-state index is 13.4. The number of carbonyl (C=O) groups is 1. The molecule has 5 rings (SSSR count). The zero-order valence-corrected chi connectivity index (χ0v) is 19.1. The van der Waals surface area contributed by atoms with Crippen LogP contribution in [0.15, 0.2) is 72.8 Å². The molecule has 2 heterocycles. The number of benzene rings is 3. The number of hydrogen-bond acceptors (Lipinski definition) is 5. The van der Waals surface area contributed by atoms with Crippen LogP contribution < -0.4 is 10.2 Å². The zero-order chi connectivity index (χ0) is 24.4. The van der Waals surface area contributed by atoms with Gasteiger partial charge in [0.25, 0.3) is 0 Å². The van der Waals surface area contributed by atoms with Crippen LogP contribution in [0.25, 0.3) is 22.0 Å². The number of nitrogens with one attached hydrogen (secondary N) is 1. The highest BCUT2D eigenvalue weighted by molar-refractivity contribution is 6.00. The van der Waals surface area contributed by atoms with E-state index in [9.17, 15) is 9.18 Å². The number of carbonyl (C=O) groups excluding carboxylic acids is 1. The summed E-state index contributed by atoms with van der Waals surface area (Å²) in [5.41, 5.74) is 2.71. The number of anilines is 2. The highest BCUT2D eigenvalue weighted by Crippen LogP contribution is 2.33. The first-order valence-electron chi connectivity index (χ1n) is 11.4. The lowest BCUT2D eigenvalue weighted by atomic mass is 10.0. The number of nitriles is 1. The molecule has 174 valence electrons. The predicted molar refractivity (Wildman–Crippen MR) is 133 cm³/mol. The van der Waals surface area contributed by atoms with Crippen molar-refractivity contribution in [3.8, 4) is 17.3 Å². The van der Waals surface area contributed by atoms with Gasteiger partial charge in [0.2, 0.25) is 0 Å². The van der Waals surface area contributed by atoms with E-state index < -0.39 is 0 Å². The number of aromatic nitrogens is 2. The predicted octanol–water partition coefficient (Wildman–Crippen LogP) is 5.05. The van der Waals surface area contributed by atoms with Crippen LogP contribution in [0.1, 0.15) is 12.5 Å². The second kappa shape index (κ2) is 9.39. The molecule has 0 radical (unpaired) electrons. The van der Waals surface area contributed by atoms with Gasteiger partial charge in [-0.25, -0.2) is 9.18 Å². The van der Waals surface area contributed by atoms with Gasteiger partial charge in [-0.05, 0) is 55.5 Å². The molecule has 35 heavy (non-hydrogen) atoms. The van der Waals surface area contributed by atoms with Gasteiger partial charge in [-0.3, -0.25) is 0 Å². The van der Waals surface area contributed by atoms with E-state index in [0.29, 0.717) is 36.6 Å². The van der Waals surface area contributed by atoms with E-state index in [4.69, 9.17) is 5.26 Å². The standard InChI is InChI=1S/C27H23FN6O/c1-18-17-33(27(35)30-22-12-6-19(16-29)7-13-22)14-15-34(18)26-24-5-3-2-4-23(24)25(31-32-26)20-8-10-21(28)11-9-20/h2-13,18H,14-15,17H2,1H3,(H,30,35). The molecule has 2 amide bonds. The van der Waals surface area contributed by atoms with E-state index in [2.05, 4.69) is 33.4 Å². The van der Waals surface area contributed by atoms with Gasteiger partial charge < -0.3 is 15.1 Å². The number of halogens is 1. The van der Waals surface area contributed by atoms with Gasteiger partial charge in [-0.1, -0.05) is 24.3 Å². The van der Waals surface area contributed by atoms with Crippen LogP contribution in [0, 0.1) is 17.1 Å². The molecule has 1 unspecified atom stereocenters. The summed E-state index contributed by atoms with van der Waals surface area (Å²) in [6.45, 7) is 3.72. The van der Waals surface area contributed by atoms with Crippen molar-refractivity contribution in [3.63, 3.8) is 0 Å². The van der Waals surface area contributed by atoms with Crippen LogP contribution in [0.5, 0.6) is 0 Å². The smallest absolute Gasteiger partial charge is 0.321 e. The third-order valence-corrected chi connectivity index (χ3v) is 6.24. The Morgan fingerprint density at radius 2 is 1.71 bits per heavy atom. The Balaban J connectivity index is 1.36. The fourth-order valence-corrected chi connectivity index (χ4v) is 4.41. The van der Waals surface area contributed by atoms with Crippen LogP contribution in [0.2, 0.25) is 0 Å². The number of hydrogen-bond donors (Lipinski definition) is 1. The molecular formula is C27H23FN6O. The summed E-state index contributed by atoms with van der Waals surface area (Å²) in [6, 6.07) is 22.9. The van der Waals surface area contributed by atoms with E-state index in [0.717, 1.165) is 22.2 Å². The summed E-state index contributed by atoms with van der Waals surface area (Å²) in [5.74, 6) is 0.476. The quantitative estimate of drug-likeness (QED) is 0.457. The van der Waals surface area contributed by atoms with Crippen molar-refractivity contribution in [3.05, 3.63) is 84.2 Å². The summed E-state index contributed by atoms with van der Waals surface area (Å²) < 4.78 is 13.4. The van der Waals surface area contributed by atoms with Gasteiger partial charge in [0, 0.05) is 47.7 Å². The minimum atomic E-state index is -0.294. The Labute approximate surface area is 202 Å². The van der Waals surface area contributed by atoms with E-state index >= 15 is 0 Å². The van der Waals surface area contributed by atoms with Gasteiger partial charge in [0.05, 0.1) is 11.6 Å². The summed E-state index contributed by atoms with van der Waals surface area (Å²) in [6.07, 6.45) is 0. The average molecular weight is 467 g/mol. The molecule has 1 saturated heterocycles. The monoisotopic (exact) mass is 466 g/mol. The zero-order valence-electron chi connectivity index (χ0n) is 19.1. The number of piperazine rings is 1. The van der Waals surface area contributed by atoms with Gasteiger partial charge in [-0.2, -0.15) is 5.26 Å². The molecular weight excluding hydrogens is 443 g/mol. The van der Waals surface area contributed by atoms with Gasteiger partial charge in [-0.15, -0.1) is 10.2 Å². The number of urea groups is 1. The van der Waals surface area contributed by atoms with Crippen molar-refractivity contribution < 1.29 is 9.18 Å². The van der Waals surface area contributed by atoms with Gasteiger partial charge in [0.1, 0.15) is 11.5 Å². The Bertz CT molecular complexity index is 1410. The van der Waals surface area contributed by atoms with Crippen LogP contribution >= 0.6 is 0 Å².